The average Bonchev–Trinajstić information content (AvgIpc) is 3.22. The smallest absolute Gasteiger partial charge is 0.311 e. The molecule has 2 aromatic carbocycles. The number of benzene rings is 2. The summed E-state index contributed by atoms with van der Waals surface area (Å²) >= 11 is 0. The van der Waals surface area contributed by atoms with Crippen LogP contribution in [0.15, 0.2) is 60.7 Å². The van der Waals surface area contributed by atoms with E-state index in [1.165, 1.54) is 11.1 Å². The molecule has 3 rings (SSSR count). The van der Waals surface area contributed by atoms with E-state index in [1.54, 1.807) is 0 Å². The minimum atomic E-state index is -2.14. The molecule has 0 spiro atoms. The second kappa shape index (κ2) is 11.9. The molecule has 0 amide bonds. The Labute approximate surface area is 214 Å². The maximum atomic E-state index is 13.0. The van der Waals surface area contributed by atoms with Gasteiger partial charge < -0.3 is 9.16 Å². The molecule has 4 nitrogen and oxygen atoms in total. The van der Waals surface area contributed by atoms with Gasteiger partial charge in [-0.25, -0.2) is 0 Å². The molecule has 1 aliphatic rings. The summed E-state index contributed by atoms with van der Waals surface area (Å²) in [5.74, 6) is 0.153. The highest BCUT2D eigenvalue weighted by Crippen LogP contribution is 2.41. The van der Waals surface area contributed by atoms with Crippen LogP contribution in [-0.2, 0) is 27.0 Å². The largest absolute Gasteiger partial charge is 0.465 e. The normalized spacial score (nSPS) is 18.7. The number of carbonyl (C=O) groups excluding carboxylic acids is 1. The van der Waals surface area contributed by atoms with Gasteiger partial charge in [0.25, 0.3) is 0 Å². The standard InChI is InChI=1S/C30H45NO3Si/c1-23(2)20-27(28(26-18-19-33-29(26)32)34-35(6,7)30(3,4)5)31(21-24-14-10-8-11-15-24)22-25-16-12-9-13-17-25/h8-17,23,26-28H,18-22H2,1-7H3/t26-,27-,28-/m0/s1. The third-order valence-electron chi connectivity index (χ3n) is 7.63. The molecule has 1 heterocycles. The Bertz CT molecular complexity index is 882. The molecule has 1 fully saturated rings. The summed E-state index contributed by atoms with van der Waals surface area (Å²) in [6, 6.07) is 21.4. The van der Waals surface area contributed by atoms with E-state index in [4.69, 9.17) is 9.16 Å². The number of ether oxygens (including phenoxy) is 1. The second-order valence-electron chi connectivity index (χ2n) is 12.0. The van der Waals surface area contributed by atoms with Crippen LogP contribution in [-0.4, -0.2) is 37.9 Å². The average molecular weight is 496 g/mol. The van der Waals surface area contributed by atoms with Crippen molar-refractivity contribution in [2.75, 3.05) is 6.61 Å². The molecule has 0 saturated carbocycles. The molecule has 2 aromatic rings. The molecular formula is C30H45NO3Si. The predicted molar refractivity (Wildman–Crippen MR) is 147 cm³/mol. The first kappa shape index (κ1) is 27.6. The van der Waals surface area contributed by atoms with Crippen LogP contribution >= 0.6 is 0 Å². The van der Waals surface area contributed by atoms with Crippen molar-refractivity contribution < 1.29 is 14.0 Å². The molecule has 5 heteroatoms. The van der Waals surface area contributed by atoms with Gasteiger partial charge in [0.2, 0.25) is 0 Å². The van der Waals surface area contributed by atoms with Crippen LogP contribution < -0.4 is 0 Å². The van der Waals surface area contributed by atoms with Gasteiger partial charge in [-0.1, -0.05) is 95.3 Å². The van der Waals surface area contributed by atoms with E-state index in [0.29, 0.717) is 12.5 Å². The molecule has 192 valence electrons. The highest BCUT2D eigenvalue weighted by atomic mass is 28.4. The summed E-state index contributed by atoms with van der Waals surface area (Å²) in [6.45, 7) is 18.1. The summed E-state index contributed by atoms with van der Waals surface area (Å²) in [6.07, 6.45) is 1.50. The van der Waals surface area contributed by atoms with Crippen molar-refractivity contribution >= 4 is 14.3 Å². The zero-order chi connectivity index (χ0) is 25.6. The quantitative estimate of drug-likeness (QED) is 0.247. The highest BCUT2D eigenvalue weighted by Gasteiger charge is 2.47. The van der Waals surface area contributed by atoms with E-state index in [2.05, 4.69) is 113 Å². The minimum Gasteiger partial charge on any atom is -0.465 e. The van der Waals surface area contributed by atoms with Gasteiger partial charge in [0.1, 0.15) is 0 Å². The van der Waals surface area contributed by atoms with E-state index < -0.39 is 8.32 Å². The van der Waals surface area contributed by atoms with Crippen LogP contribution in [0.2, 0.25) is 18.1 Å². The lowest BCUT2D eigenvalue weighted by atomic mass is 9.88. The summed E-state index contributed by atoms with van der Waals surface area (Å²) in [4.78, 5) is 15.5. The van der Waals surface area contributed by atoms with Gasteiger partial charge in [-0.3, -0.25) is 9.69 Å². The van der Waals surface area contributed by atoms with E-state index in [-0.39, 0.29) is 29.1 Å². The Morgan fingerprint density at radius 1 is 0.971 bits per heavy atom. The third kappa shape index (κ3) is 7.52. The minimum absolute atomic E-state index is 0.0554. The molecule has 0 aliphatic carbocycles. The van der Waals surface area contributed by atoms with Crippen molar-refractivity contribution in [3.8, 4) is 0 Å². The summed E-state index contributed by atoms with van der Waals surface area (Å²) in [5, 5.41) is 0.0554. The van der Waals surface area contributed by atoms with E-state index in [9.17, 15) is 4.79 Å². The molecule has 0 unspecified atom stereocenters. The van der Waals surface area contributed by atoms with Crippen molar-refractivity contribution in [2.45, 2.75) is 90.8 Å². The van der Waals surface area contributed by atoms with Gasteiger partial charge in [0.15, 0.2) is 8.32 Å². The number of nitrogens with zero attached hydrogens (tertiary/aromatic N) is 1. The maximum Gasteiger partial charge on any atom is 0.311 e. The fraction of sp³-hybridized carbons (Fsp3) is 0.567. The zero-order valence-electron chi connectivity index (χ0n) is 22.8. The Hall–Kier alpha value is -1.95. The van der Waals surface area contributed by atoms with E-state index in [1.807, 2.05) is 0 Å². The molecule has 1 saturated heterocycles. The van der Waals surface area contributed by atoms with Crippen LogP contribution in [0.3, 0.4) is 0 Å². The lowest BCUT2D eigenvalue weighted by Gasteiger charge is -2.46. The summed E-state index contributed by atoms with van der Waals surface area (Å²) in [7, 11) is -2.14. The van der Waals surface area contributed by atoms with Gasteiger partial charge in [-0.2, -0.15) is 0 Å². The fourth-order valence-corrected chi connectivity index (χ4v) is 6.01. The molecular weight excluding hydrogens is 450 g/mol. The summed E-state index contributed by atoms with van der Waals surface area (Å²) in [5.41, 5.74) is 2.55. The number of esters is 1. The fourth-order valence-electron chi connectivity index (χ4n) is 4.66. The van der Waals surface area contributed by atoms with Gasteiger partial charge in [-0.05, 0) is 48.0 Å². The third-order valence-corrected chi connectivity index (χ3v) is 12.1. The first-order chi connectivity index (χ1) is 16.5. The van der Waals surface area contributed by atoms with Crippen molar-refractivity contribution in [1.29, 1.82) is 0 Å². The highest BCUT2D eigenvalue weighted by molar-refractivity contribution is 6.74. The Morgan fingerprint density at radius 2 is 1.49 bits per heavy atom. The monoisotopic (exact) mass is 495 g/mol. The number of hydrogen-bond donors (Lipinski definition) is 0. The topological polar surface area (TPSA) is 38.8 Å². The van der Waals surface area contributed by atoms with Crippen LogP contribution in [0.5, 0.6) is 0 Å². The van der Waals surface area contributed by atoms with Crippen molar-refractivity contribution in [3.05, 3.63) is 71.8 Å². The first-order valence-electron chi connectivity index (χ1n) is 13.1. The van der Waals surface area contributed by atoms with Gasteiger partial charge >= 0.3 is 5.97 Å². The van der Waals surface area contributed by atoms with Crippen molar-refractivity contribution in [3.63, 3.8) is 0 Å². The van der Waals surface area contributed by atoms with Gasteiger partial charge in [0.05, 0.1) is 18.6 Å². The number of hydrogen-bond acceptors (Lipinski definition) is 4. The molecule has 3 atom stereocenters. The van der Waals surface area contributed by atoms with Gasteiger partial charge in [-0.15, -0.1) is 0 Å². The van der Waals surface area contributed by atoms with Crippen LogP contribution in [0.1, 0.15) is 58.6 Å². The van der Waals surface area contributed by atoms with Gasteiger partial charge in [0, 0.05) is 19.1 Å². The summed E-state index contributed by atoms with van der Waals surface area (Å²) < 4.78 is 12.7. The number of rotatable bonds is 11. The molecule has 0 radical (unpaired) electrons. The predicted octanol–water partition coefficient (Wildman–Crippen LogP) is 7.06. The number of cyclic esters (lactones) is 1. The molecule has 1 aliphatic heterocycles. The Morgan fingerprint density at radius 3 is 1.89 bits per heavy atom. The van der Waals surface area contributed by atoms with E-state index in [0.717, 1.165) is 25.9 Å². The second-order valence-corrected chi connectivity index (χ2v) is 16.7. The SMILES string of the molecule is CC(C)C[C@@H]([C@@H](O[Si](C)(C)C(C)(C)C)[C@@H]1CCOC1=O)N(Cc1ccccc1)Cc1ccccc1. The maximum absolute atomic E-state index is 13.0. The lowest BCUT2D eigenvalue weighted by molar-refractivity contribution is -0.145. The first-order valence-corrected chi connectivity index (χ1v) is 16.0. The Balaban J connectivity index is 2.05. The zero-order valence-corrected chi connectivity index (χ0v) is 23.8. The van der Waals surface area contributed by atoms with Crippen LogP contribution in [0.4, 0.5) is 0 Å². The molecule has 0 N–H and O–H groups in total. The van der Waals surface area contributed by atoms with Crippen molar-refractivity contribution in [1.82, 2.24) is 4.90 Å². The van der Waals surface area contributed by atoms with E-state index >= 15 is 0 Å². The molecule has 35 heavy (non-hydrogen) atoms. The van der Waals surface area contributed by atoms with Crippen molar-refractivity contribution in [2.24, 2.45) is 11.8 Å². The molecule has 0 aromatic heterocycles. The lowest BCUT2D eigenvalue weighted by Crippen LogP contribution is -2.55. The number of carbonyl (C=O) groups is 1. The Kier molecular flexibility index (Phi) is 9.36. The van der Waals surface area contributed by atoms with Crippen LogP contribution in [0.25, 0.3) is 0 Å². The van der Waals surface area contributed by atoms with Crippen LogP contribution in [0, 0.1) is 11.8 Å². The molecule has 0 bridgehead atoms.